The number of carbonyl (C=O) groups excluding carboxylic acids is 1. The van der Waals surface area contributed by atoms with Crippen LogP contribution in [0.4, 0.5) is 0 Å². The Balaban J connectivity index is 2.01. The van der Waals surface area contributed by atoms with Gasteiger partial charge in [0.1, 0.15) is 0 Å². The van der Waals surface area contributed by atoms with Crippen molar-refractivity contribution in [3.8, 4) is 0 Å². The quantitative estimate of drug-likeness (QED) is 0.668. The number of aromatic nitrogens is 1. The zero-order chi connectivity index (χ0) is 13.7. The molecule has 19 heavy (non-hydrogen) atoms. The molecule has 1 amide bonds. The first kappa shape index (κ1) is 13.8. The summed E-state index contributed by atoms with van der Waals surface area (Å²) in [6.07, 6.45) is 2.41. The molecule has 1 N–H and O–H groups in total. The van der Waals surface area contributed by atoms with E-state index in [4.69, 9.17) is 0 Å². The minimum absolute atomic E-state index is 0.243. The Morgan fingerprint density at radius 2 is 1.95 bits per heavy atom. The van der Waals surface area contributed by atoms with Crippen LogP contribution in [-0.4, -0.2) is 15.8 Å². The molecule has 1 aromatic heterocycles. The molecule has 0 aliphatic rings. The topological polar surface area (TPSA) is 54.6 Å². The highest BCUT2D eigenvalue weighted by molar-refractivity contribution is 14.1. The smallest absolute Gasteiger partial charge is 0.248 e. The first-order valence-corrected chi connectivity index (χ1v) is 6.92. The predicted molar refractivity (Wildman–Crippen MR) is 79.7 cm³/mol. The minimum Gasteiger partial charge on any atom is -0.427 e. The molecule has 0 spiro atoms. The first-order chi connectivity index (χ1) is 9.15. The second kappa shape index (κ2) is 6.51. The van der Waals surface area contributed by atoms with Crippen LogP contribution in [0.15, 0.2) is 53.7 Å². The van der Waals surface area contributed by atoms with Crippen LogP contribution in [0.1, 0.15) is 12.0 Å². The fourth-order valence-corrected chi connectivity index (χ4v) is 1.96. The van der Waals surface area contributed by atoms with Gasteiger partial charge in [-0.25, -0.2) is 0 Å². The van der Waals surface area contributed by atoms with E-state index in [0.717, 1.165) is 10.3 Å². The van der Waals surface area contributed by atoms with E-state index in [1.54, 1.807) is 18.2 Å². The second-order valence-corrected chi connectivity index (χ2v) is 5.28. The molecule has 1 aromatic carbocycles. The van der Waals surface area contributed by atoms with E-state index in [2.05, 4.69) is 27.6 Å². The normalized spacial score (nSPS) is 11.5. The van der Waals surface area contributed by atoms with Crippen molar-refractivity contribution in [2.45, 2.75) is 12.8 Å². The average Bonchev–Trinajstić information content (AvgIpc) is 2.41. The number of aryl methyl sites for hydroxylation is 1. The molecular formula is C14H13IN2O2. The Kier molecular flexibility index (Phi) is 4.73. The number of halogens is 1. The van der Waals surface area contributed by atoms with E-state index in [1.165, 1.54) is 9.77 Å². The van der Waals surface area contributed by atoms with E-state index in [9.17, 15) is 10.0 Å². The fourth-order valence-electron chi connectivity index (χ4n) is 1.60. The first-order valence-electron chi connectivity index (χ1n) is 5.84. The van der Waals surface area contributed by atoms with Crippen LogP contribution in [0.5, 0.6) is 0 Å². The standard InChI is InChI=1S/C14H13IN2O2/c15-12-7-4-11(5-8-12)6-9-14(18)16-13-3-1-2-10-17(13)19/h1-5,7-8,10,19H,6,9H2. The van der Waals surface area contributed by atoms with E-state index in [1.807, 2.05) is 24.3 Å². The number of benzene rings is 1. The minimum atomic E-state index is -0.243. The van der Waals surface area contributed by atoms with Crippen molar-refractivity contribution in [2.75, 3.05) is 0 Å². The molecule has 2 rings (SSSR count). The van der Waals surface area contributed by atoms with Crippen molar-refractivity contribution >= 4 is 28.5 Å². The second-order valence-electron chi connectivity index (χ2n) is 4.04. The van der Waals surface area contributed by atoms with Crippen molar-refractivity contribution in [3.63, 3.8) is 0 Å². The molecule has 0 radical (unpaired) electrons. The third-order valence-electron chi connectivity index (χ3n) is 2.60. The molecule has 4 nitrogen and oxygen atoms in total. The van der Waals surface area contributed by atoms with Crippen molar-refractivity contribution in [2.24, 2.45) is 4.99 Å². The zero-order valence-corrected chi connectivity index (χ0v) is 12.3. The zero-order valence-electron chi connectivity index (χ0n) is 10.2. The van der Waals surface area contributed by atoms with Gasteiger partial charge in [-0.3, -0.25) is 4.79 Å². The van der Waals surface area contributed by atoms with Gasteiger partial charge in [-0.05, 0) is 58.8 Å². The van der Waals surface area contributed by atoms with Crippen LogP contribution in [0, 0.1) is 3.57 Å². The molecule has 1 heterocycles. The molecule has 0 unspecified atom stereocenters. The van der Waals surface area contributed by atoms with Crippen molar-refractivity contribution in [3.05, 3.63) is 63.3 Å². The summed E-state index contributed by atoms with van der Waals surface area (Å²) in [6.45, 7) is 0. The summed E-state index contributed by atoms with van der Waals surface area (Å²) in [5.74, 6) is -0.243. The molecule has 0 aliphatic carbocycles. The number of hydrogen-bond donors (Lipinski definition) is 1. The maximum Gasteiger partial charge on any atom is 0.248 e. The largest absolute Gasteiger partial charge is 0.427 e. The third kappa shape index (κ3) is 4.20. The van der Waals surface area contributed by atoms with Crippen LogP contribution in [0.2, 0.25) is 0 Å². The molecule has 5 heteroatoms. The molecule has 2 aromatic rings. The fraction of sp³-hybridized carbons (Fsp3) is 0.143. The third-order valence-corrected chi connectivity index (χ3v) is 3.32. The molecule has 0 saturated heterocycles. The predicted octanol–water partition coefficient (Wildman–Crippen LogP) is 2.39. The highest BCUT2D eigenvalue weighted by Crippen LogP contribution is 2.08. The number of amides is 1. The van der Waals surface area contributed by atoms with Gasteiger partial charge in [-0.15, -0.1) is 0 Å². The monoisotopic (exact) mass is 368 g/mol. The molecular weight excluding hydrogens is 355 g/mol. The van der Waals surface area contributed by atoms with Crippen LogP contribution in [0.3, 0.4) is 0 Å². The van der Waals surface area contributed by atoms with Gasteiger partial charge < -0.3 is 5.21 Å². The summed E-state index contributed by atoms with van der Waals surface area (Å²) >= 11 is 2.24. The molecule has 98 valence electrons. The van der Waals surface area contributed by atoms with Crippen LogP contribution in [0.25, 0.3) is 0 Å². The lowest BCUT2D eigenvalue weighted by Gasteiger charge is -2.00. The summed E-state index contributed by atoms with van der Waals surface area (Å²) in [5.41, 5.74) is 1.35. The SMILES string of the molecule is O=C(CCc1ccc(I)cc1)N=c1ccccn1O. The van der Waals surface area contributed by atoms with Gasteiger partial charge in [0.25, 0.3) is 0 Å². The summed E-state index contributed by atoms with van der Waals surface area (Å²) in [7, 11) is 0. The van der Waals surface area contributed by atoms with Gasteiger partial charge in [0.15, 0.2) is 5.49 Å². The summed E-state index contributed by atoms with van der Waals surface area (Å²) in [6, 6.07) is 13.0. The lowest BCUT2D eigenvalue weighted by Crippen LogP contribution is -2.19. The lowest BCUT2D eigenvalue weighted by atomic mass is 10.1. The summed E-state index contributed by atoms with van der Waals surface area (Å²) in [5, 5.41) is 9.45. The molecule has 0 atom stereocenters. The van der Waals surface area contributed by atoms with E-state index >= 15 is 0 Å². The van der Waals surface area contributed by atoms with Crippen LogP contribution < -0.4 is 5.49 Å². The van der Waals surface area contributed by atoms with Crippen molar-refractivity contribution < 1.29 is 10.0 Å². The maximum atomic E-state index is 11.7. The summed E-state index contributed by atoms with van der Waals surface area (Å²) < 4.78 is 2.01. The number of carbonyl (C=O) groups is 1. The number of nitrogens with zero attached hydrogens (tertiary/aromatic N) is 2. The lowest BCUT2D eigenvalue weighted by molar-refractivity contribution is -0.118. The van der Waals surface area contributed by atoms with Crippen LogP contribution in [-0.2, 0) is 11.2 Å². The van der Waals surface area contributed by atoms with Crippen molar-refractivity contribution in [1.29, 1.82) is 0 Å². The summed E-state index contributed by atoms with van der Waals surface area (Å²) in [4.78, 5) is 15.6. The number of hydrogen-bond acceptors (Lipinski definition) is 2. The van der Waals surface area contributed by atoms with E-state index in [-0.39, 0.29) is 11.4 Å². The average molecular weight is 368 g/mol. The van der Waals surface area contributed by atoms with E-state index < -0.39 is 0 Å². The Bertz CT molecular complexity index is 632. The Morgan fingerprint density at radius 3 is 2.63 bits per heavy atom. The van der Waals surface area contributed by atoms with Gasteiger partial charge in [0, 0.05) is 16.2 Å². The molecule has 0 aliphatic heterocycles. The van der Waals surface area contributed by atoms with Gasteiger partial charge in [-0.2, -0.15) is 9.72 Å². The Labute approximate surface area is 124 Å². The number of rotatable bonds is 3. The van der Waals surface area contributed by atoms with Crippen molar-refractivity contribution in [1.82, 2.24) is 4.73 Å². The molecule has 0 fully saturated rings. The van der Waals surface area contributed by atoms with Gasteiger partial charge in [-0.1, -0.05) is 18.2 Å². The number of pyridine rings is 1. The molecule has 0 saturated carbocycles. The highest BCUT2D eigenvalue weighted by atomic mass is 127. The Hall–Kier alpha value is -1.63. The van der Waals surface area contributed by atoms with Gasteiger partial charge in [0.2, 0.25) is 5.91 Å². The maximum absolute atomic E-state index is 11.7. The van der Waals surface area contributed by atoms with Crippen LogP contribution >= 0.6 is 22.6 Å². The van der Waals surface area contributed by atoms with Gasteiger partial charge in [0.05, 0.1) is 0 Å². The highest BCUT2D eigenvalue weighted by Gasteiger charge is 2.01. The van der Waals surface area contributed by atoms with E-state index in [0.29, 0.717) is 12.8 Å². The molecule has 0 bridgehead atoms. The Morgan fingerprint density at radius 1 is 1.21 bits per heavy atom. The van der Waals surface area contributed by atoms with Gasteiger partial charge >= 0.3 is 0 Å².